The molecule has 22 heavy (non-hydrogen) atoms. The molecule has 2 aromatic rings. The number of nitrogens with zero attached hydrogens (tertiary/aromatic N) is 1. The summed E-state index contributed by atoms with van der Waals surface area (Å²) >= 11 is 1.74. The SMILES string of the molecule is NC(=O)[C@H]1CSCN1c1ccc(/C=C/c2ccccc2)cc1. The molecule has 0 radical (unpaired) electrons. The average molecular weight is 310 g/mol. The summed E-state index contributed by atoms with van der Waals surface area (Å²) < 4.78 is 0. The van der Waals surface area contributed by atoms with Crippen molar-refractivity contribution in [2.45, 2.75) is 6.04 Å². The zero-order valence-electron chi connectivity index (χ0n) is 12.2. The van der Waals surface area contributed by atoms with Crippen molar-refractivity contribution in [1.82, 2.24) is 0 Å². The van der Waals surface area contributed by atoms with E-state index in [4.69, 9.17) is 5.73 Å². The maximum Gasteiger partial charge on any atom is 0.241 e. The van der Waals surface area contributed by atoms with Crippen LogP contribution in [0.1, 0.15) is 11.1 Å². The number of benzene rings is 2. The molecule has 2 N–H and O–H groups in total. The standard InChI is InChI=1S/C18H18N2OS/c19-18(21)17-12-22-13-20(17)16-10-8-15(9-11-16)7-6-14-4-2-1-3-5-14/h1-11,17H,12-13H2,(H2,19,21)/b7-6+/t17-/m1/s1. The first-order chi connectivity index (χ1) is 10.7. The summed E-state index contributed by atoms with van der Waals surface area (Å²) in [5, 5.41) is 0. The second-order valence-electron chi connectivity index (χ2n) is 5.22. The molecule has 0 saturated carbocycles. The van der Waals surface area contributed by atoms with Crippen LogP contribution < -0.4 is 10.6 Å². The molecule has 3 nitrogen and oxygen atoms in total. The largest absolute Gasteiger partial charge is 0.368 e. The van der Waals surface area contributed by atoms with E-state index in [-0.39, 0.29) is 11.9 Å². The van der Waals surface area contributed by atoms with Gasteiger partial charge < -0.3 is 10.6 Å². The van der Waals surface area contributed by atoms with Crippen molar-refractivity contribution in [2.75, 3.05) is 16.5 Å². The normalized spacial score (nSPS) is 18.0. The molecule has 112 valence electrons. The van der Waals surface area contributed by atoms with Crippen molar-refractivity contribution >= 4 is 35.5 Å². The zero-order chi connectivity index (χ0) is 15.4. The minimum atomic E-state index is -0.252. The van der Waals surface area contributed by atoms with Crippen molar-refractivity contribution in [3.63, 3.8) is 0 Å². The zero-order valence-corrected chi connectivity index (χ0v) is 13.0. The summed E-state index contributed by atoms with van der Waals surface area (Å²) in [4.78, 5) is 13.5. The lowest BCUT2D eigenvalue weighted by atomic mass is 10.1. The van der Waals surface area contributed by atoms with Gasteiger partial charge in [0.15, 0.2) is 0 Å². The molecule has 1 heterocycles. The minimum absolute atomic E-state index is 0.198. The van der Waals surface area contributed by atoms with Gasteiger partial charge in [0.1, 0.15) is 6.04 Å². The molecular formula is C18H18N2OS. The van der Waals surface area contributed by atoms with Crippen LogP contribution in [0.4, 0.5) is 5.69 Å². The van der Waals surface area contributed by atoms with E-state index < -0.39 is 0 Å². The maximum absolute atomic E-state index is 11.5. The Morgan fingerprint density at radius 1 is 1.05 bits per heavy atom. The van der Waals surface area contributed by atoms with Gasteiger partial charge in [0.05, 0.1) is 5.88 Å². The van der Waals surface area contributed by atoms with E-state index in [9.17, 15) is 4.79 Å². The first-order valence-electron chi connectivity index (χ1n) is 7.21. The number of hydrogen-bond acceptors (Lipinski definition) is 3. The number of hydrogen-bond donors (Lipinski definition) is 1. The van der Waals surface area contributed by atoms with Gasteiger partial charge in [0, 0.05) is 11.4 Å². The van der Waals surface area contributed by atoms with Crippen molar-refractivity contribution in [1.29, 1.82) is 0 Å². The van der Waals surface area contributed by atoms with Gasteiger partial charge in [-0.2, -0.15) is 0 Å². The fourth-order valence-corrected chi connectivity index (χ4v) is 3.66. The monoisotopic (exact) mass is 310 g/mol. The number of carbonyl (C=O) groups is 1. The summed E-state index contributed by atoms with van der Waals surface area (Å²) in [5.74, 6) is 1.33. The summed E-state index contributed by atoms with van der Waals surface area (Å²) in [6.07, 6.45) is 4.18. The Labute approximate surface area is 134 Å². The van der Waals surface area contributed by atoms with Crippen LogP contribution in [0.25, 0.3) is 12.2 Å². The third kappa shape index (κ3) is 3.34. The average Bonchev–Trinajstić information content (AvgIpc) is 3.04. The highest BCUT2D eigenvalue weighted by atomic mass is 32.2. The van der Waals surface area contributed by atoms with Crippen LogP contribution in [0, 0.1) is 0 Å². The fourth-order valence-electron chi connectivity index (χ4n) is 2.47. The number of anilines is 1. The van der Waals surface area contributed by atoms with E-state index in [0.29, 0.717) is 0 Å². The smallest absolute Gasteiger partial charge is 0.241 e. The predicted molar refractivity (Wildman–Crippen MR) is 94.6 cm³/mol. The van der Waals surface area contributed by atoms with Gasteiger partial charge in [-0.1, -0.05) is 54.6 Å². The highest BCUT2D eigenvalue weighted by molar-refractivity contribution is 7.99. The van der Waals surface area contributed by atoms with Gasteiger partial charge in [-0.25, -0.2) is 0 Å². The summed E-state index contributed by atoms with van der Waals surface area (Å²) in [5.41, 5.74) is 8.82. The van der Waals surface area contributed by atoms with Crippen LogP contribution in [0.15, 0.2) is 54.6 Å². The number of rotatable bonds is 4. The van der Waals surface area contributed by atoms with Crippen molar-refractivity contribution in [2.24, 2.45) is 5.73 Å². The second-order valence-corrected chi connectivity index (χ2v) is 6.22. The fraction of sp³-hybridized carbons (Fsp3) is 0.167. The Morgan fingerprint density at radius 2 is 1.68 bits per heavy atom. The van der Waals surface area contributed by atoms with E-state index in [1.807, 2.05) is 30.3 Å². The predicted octanol–water partition coefficient (Wildman–Crippen LogP) is 3.22. The Kier molecular flexibility index (Phi) is 4.49. The molecule has 4 heteroatoms. The lowest BCUT2D eigenvalue weighted by molar-refractivity contribution is -0.118. The summed E-state index contributed by atoms with van der Waals surface area (Å²) in [6, 6.07) is 18.2. The molecule has 1 atom stereocenters. The van der Waals surface area contributed by atoms with Crippen molar-refractivity contribution in [3.8, 4) is 0 Å². The Balaban J connectivity index is 1.73. The molecule has 3 rings (SSSR count). The number of carbonyl (C=O) groups excluding carboxylic acids is 1. The molecule has 2 aromatic carbocycles. The lowest BCUT2D eigenvalue weighted by Crippen LogP contribution is -2.41. The highest BCUT2D eigenvalue weighted by Crippen LogP contribution is 2.28. The topological polar surface area (TPSA) is 46.3 Å². The summed E-state index contributed by atoms with van der Waals surface area (Å²) in [7, 11) is 0. The molecule has 0 unspecified atom stereocenters. The van der Waals surface area contributed by atoms with E-state index >= 15 is 0 Å². The first-order valence-corrected chi connectivity index (χ1v) is 8.36. The van der Waals surface area contributed by atoms with E-state index in [2.05, 4.69) is 41.3 Å². The van der Waals surface area contributed by atoms with Gasteiger partial charge in [-0.15, -0.1) is 11.8 Å². The molecule has 1 fully saturated rings. The van der Waals surface area contributed by atoms with Crippen LogP contribution in [0.2, 0.25) is 0 Å². The van der Waals surface area contributed by atoms with Gasteiger partial charge in [0.2, 0.25) is 5.91 Å². The first kappa shape index (κ1) is 14.7. The molecule has 1 amide bonds. The van der Waals surface area contributed by atoms with Gasteiger partial charge in [-0.3, -0.25) is 4.79 Å². The molecule has 0 aromatic heterocycles. The Morgan fingerprint density at radius 3 is 2.32 bits per heavy atom. The number of thioether (sulfide) groups is 1. The molecule has 1 aliphatic heterocycles. The van der Waals surface area contributed by atoms with E-state index in [0.717, 1.165) is 22.9 Å². The highest BCUT2D eigenvalue weighted by Gasteiger charge is 2.29. The van der Waals surface area contributed by atoms with E-state index in [1.54, 1.807) is 11.8 Å². The van der Waals surface area contributed by atoms with Crippen LogP contribution >= 0.6 is 11.8 Å². The number of primary amides is 1. The Hall–Kier alpha value is -2.20. The molecule has 1 saturated heterocycles. The van der Waals surface area contributed by atoms with Crippen molar-refractivity contribution < 1.29 is 4.79 Å². The second kappa shape index (κ2) is 6.71. The van der Waals surface area contributed by atoms with Crippen molar-refractivity contribution in [3.05, 3.63) is 65.7 Å². The van der Waals surface area contributed by atoms with E-state index in [1.165, 1.54) is 5.56 Å². The molecule has 0 spiro atoms. The molecule has 1 aliphatic rings. The molecular weight excluding hydrogens is 292 g/mol. The van der Waals surface area contributed by atoms with Gasteiger partial charge >= 0.3 is 0 Å². The third-order valence-electron chi connectivity index (χ3n) is 3.70. The minimum Gasteiger partial charge on any atom is -0.368 e. The molecule has 0 aliphatic carbocycles. The third-order valence-corrected chi connectivity index (χ3v) is 4.72. The van der Waals surface area contributed by atoms with Crippen LogP contribution in [-0.4, -0.2) is 23.6 Å². The van der Waals surface area contributed by atoms with Gasteiger partial charge in [0.25, 0.3) is 0 Å². The molecule has 0 bridgehead atoms. The van der Waals surface area contributed by atoms with Crippen LogP contribution in [-0.2, 0) is 4.79 Å². The van der Waals surface area contributed by atoms with Crippen LogP contribution in [0.5, 0.6) is 0 Å². The summed E-state index contributed by atoms with van der Waals surface area (Å²) in [6.45, 7) is 0. The quantitative estimate of drug-likeness (QED) is 0.882. The lowest BCUT2D eigenvalue weighted by Gasteiger charge is -2.23. The number of nitrogens with two attached hydrogens (primary N) is 1. The number of amides is 1. The maximum atomic E-state index is 11.5. The van der Waals surface area contributed by atoms with Crippen LogP contribution in [0.3, 0.4) is 0 Å². The Bertz CT molecular complexity index is 667. The van der Waals surface area contributed by atoms with Gasteiger partial charge in [-0.05, 0) is 23.3 Å².